The number of aromatic nitrogens is 2. The number of benzene rings is 2. The lowest BCUT2D eigenvalue weighted by Gasteiger charge is -2.23. The smallest absolute Gasteiger partial charge is 0.335 e. The maximum atomic E-state index is 12.7. The van der Waals surface area contributed by atoms with Crippen LogP contribution in [0.3, 0.4) is 0 Å². The second kappa shape index (κ2) is 8.85. The van der Waals surface area contributed by atoms with E-state index in [-0.39, 0.29) is 22.9 Å². The van der Waals surface area contributed by atoms with Crippen molar-refractivity contribution in [1.29, 1.82) is 0 Å². The third-order valence-electron chi connectivity index (χ3n) is 4.32. The quantitative estimate of drug-likeness (QED) is 0.450. The molecule has 0 bridgehead atoms. The van der Waals surface area contributed by atoms with Crippen molar-refractivity contribution in [3.05, 3.63) is 70.9 Å². The Morgan fingerprint density at radius 2 is 1.83 bits per heavy atom. The van der Waals surface area contributed by atoms with Crippen LogP contribution in [-0.2, 0) is 4.79 Å². The highest BCUT2D eigenvalue weighted by Crippen LogP contribution is 2.28. The van der Waals surface area contributed by atoms with Gasteiger partial charge in [0, 0.05) is 16.7 Å². The monoisotopic (exact) mass is 431 g/mol. The van der Waals surface area contributed by atoms with Gasteiger partial charge in [-0.2, -0.15) is 5.10 Å². The number of aliphatic hydroxyl groups excluding tert-OH is 1. The largest absolute Gasteiger partial charge is 0.496 e. The van der Waals surface area contributed by atoms with Crippen molar-refractivity contribution in [2.75, 3.05) is 7.11 Å². The van der Waals surface area contributed by atoms with Gasteiger partial charge >= 0.3 is 5.97 Å². The topological polar surface area (TPSA) is 134 Å². The molecule has 0 radical (unpaired) electrons. The number of hydrogen-bond donors (Lipinski definition) is 4. The number of amides is 1. The summed E-state index contributed by atoms with van der Waals surface area (Å²) >= 11 is 5.85. The molecule has 30 heavy (non-hydrogen) atoms. The lowest BCUT2D eigenvalue weighted by atomic mass is 10.00. The second-order valence-corrected chi connectivity index (χ2v) is 6.69. The molecule has 2 aromatic carbocycles. The summed E-state index contributed by atoms with van der Waals surface area (Å²) in [7, 11) is 1.39. The third-order valence-corrected chi connectivity index (χ3v) is 4.58. The Labute approximate surface area is 176 Å². The van der Waals surface area contributed by atoms with E-state index in [9.17, 15) is 24.9 Å². The molecule has 4 N–H and O–H groups in total. The van der Waals surface area contributed by atoms with Crippen molar-refractivity contribution in [2.45, 2.75) is 12.1 Å². The summed E-state index contributed by atoms with van der Waals surface area (Å²) in [6, 6.07) is 12.6. The van der Waals surface area contributed by atoms with Gasteiger partial charge in [0.2, 0.25) is 5.88 Å². The Bertz CT molecular complexity index is 1070. The molecule has 0 saturated heterocycles. The summed E-state index contributed by atoms with van der Waals surface area (Å²) in [6.07, 6.45) is -1.95. The molecular formula is C20H18ClN3O6. The highest BCUT2D eigenvalue weighted by Gasteiger charge is 2.32. The summed E-state index contributed by atoms with van der Waals surface area (Å²) in [5.41, 5.74) is 0.548. The van der Waals surface area contributed by atoms with Crippen LogP contribution in [0.4, 0.5) is 0 Å². The maximum absolute atomic E-state index is 12.7. The normalized spacial score (nSPS) is 12.8. The van der Waals surface area contributed by atoms with E-state index in [1.54, 1.807) is 42.5 Å². The Morgan fingerprint density at radius 3 is 2.47 bits per heavy atom. The average Bonchev–Trinajstić information content (AvgIpc) is 3.13. The van der Waals surface area contributed by atoms with Gasteiger partial charge in [-0.25, -0.2) is 9.48 Å². The van der Waals surface area contributed by atoms with E-state index in [4.69, 9.17) is 16.3 Å². The van der Waals surface area contributed by atoms with Gasteiger partial charge in [0.15, 0.2) is 11.8 Å². The number of para-hydroxylation sites is 1. The number of carboxylic acids is 1. The minimum atomic E-state index is -1.95. The molecule has 1 amide bonds. The van der Waals surface area contributed by atoms with Crippen LogP contribution in [0.2, 0.25) is 5.02 Å². The van der Waals surface area contributed by atoms with Gasteiger partial charge in [0.1, 0.15) is 5.75 Å². The van der Waals surface area contributed by atoms with Gasteiger partial charge in [0.05, 0.1) is 18.8 Å². The second-order valence-electron chi connectivity index (χ2n) is 6.25. The van der Waals surface area contributed by atoms with E-state index in [1.165, 1.54) is 13.2 Å². The van der Waals surface area contributed by atoms with Gasteiger partial charge in [0.25, 0.3) is 5.91 Å². The lowest BCUT2D eigenvalue weighted by Crippen LogP contribution is -2.40. The first-order valence-electron chi connectivity index (χ1n) is 8.71. The Kier molecular flexibility index (Phi) is 6.24. The zero-order valence-corrected chi connectivity index (χ0v) is 16.4. The number of aromatic hydroxyl groups is 1. The number of rotatable bonds is 7. The molecule has 0 aliphatic heterocycles. The van der Waals surface area contributed by atoms with Gasteiger partial charge in [-0.1, -0.05) is 29.8 Å². The van der Waals surface area contributed by atoms with Crippen molar-refractivity contribution in [3.63, 3.8) is 0 Å². The lowest BCUT2D eigenvalue weighted by molar-refractivity contribution is -0.148. The molecular weight excluding hydrogens is 414 g/mol. The van der Waals surface area contributed by atoms with E-state index in [1.807, 2.05) is 0 Å². The molecule has 0 fully saturated rings. The first-order valence-corrected chi connectivity index (χ1v) is 9.09. The van der Waals surface area contributed by atoms with Crippen molar-refractivity contribution in [2.24, 2.45) is 0 Å². The van der Waals surface area contributed by atoms with Crippen molar-refractivity contribution in [1.82, 2.24) is 15.1 Å². The standard InChI is InChI=1S/C20H18ClN3O6/c1-30-15-5-3-2-4-13(15)17(18(26)20(28)29)22-19(27)14-10-16(25)24(23-14)12-8-6-11(21)7-9-12/h2-10,17-18,25-26H,1H3,(H,22,27)(H,28,29)/t17-,18-/m1/s1. The molecule has 0 aliphatic carbocycles. The van der Waals surface area contributed by atoms with Crippen LogP contribution in [0, 0.1) is 0 Å². The number of hydrogen-bond acceptors (Lipinski definition) is 6. The summed E-state index contributed by atoms with van der Waals surface area (Å²) in [4.78, 5) is 24.1. The van der Waals surface area contributed by atoms with Gasteiger partial charge in [-0.05, 0) is 30.3 Å². The number of halogens is 1. The molecule has 3 aromatic rings. The fourth-order valence-electron chi connectivity index (χ4n) is 2.86. The van der Waals surface area contributed by atoms with Crippen LogP contribution in [0.1, 0.15) is 22.1 Å². The van der Waals surface area contributed by atoms with Gasteiger partial charge < -0.3 is 25.4 Å². The maximum Gasteiger partial charge on any atom is 0.335 e. The van der Waals surface area contributed by atoms with Gasteiger partial charge in [-0.3, -0.25) is 4.79 Å². The summed E-state index contributed by atoms with van der Waals surface area (Å²) < 4.78 is 6.33. The molecule has 0 spiro atoms. The minimum Gasteiger partial charge on any atom is -0.496 e. The zero-order valence-electron chi connectivity index (χ0n) is 15.7. The van der Waals surface area contributed by atoms with Gasteiger partial charge in [-0.15, -0.1) is 0 Å². The molecule has 2 atom stereocenters. The molecule has 0 aliphatic rings. The molecule has 0 saturated carbocycles. The number of aliphatic hydroxyl groups is 1. The minimum absolute atomic E-state index is 0.181. The Hall–Kier alpha value is -3.56. The average molecular weight is 432 g/mol. The predicted molar refractivity (Wildman–Crippen MR) is 107 cm³/mol. The van der Waals surface area contributed by atoms with Crippen molar-refractivity contribution in [3.8, 4) is 17.3 Å². The van der Waals surface area contributed by atoms with E-state index >= 15 is 0 Å². The van der Waals surface area contributed by atoms with Crippen LogP contribution >= 0.6 is 11.6 Å². The number of methoxy groups -OCH3 is 1. The fraction of sp³-hybridized carbons (Fsp3) is 0.150. The van der Waals surface area contributed by atoms with Crippen LogP contribution < -0.4 is 10.1 Å². The molecule has 3 rings (SSSR count). The summed E-state index contributed by atoms with van der Waals surface area (Å²) in [6.45, 7) is 0. The van der Waals surface area contributed by atoms with Crippen molar-refractivity contribution < 1.29 is 29.6 Å². The fourth-order valence-corrected chi connectivity index (χ4v) is 2.99. The third kappa shape index (κ3) is 4.37. The number of carboxylic acid groups (broad SMARTS) is 1. The van der Waals surface area contributed by atoms with Crippen molar-refractivity contribution >= 4 is 23.5 Å². The number of carbonyl (C=O) groups is 2. The zero-order chi connectivity index (χ0) is 21.8. The Balaban J connectivity index is 1.92. The first kappa shape index (κ1) is 21.2. The predicted octanol–water partition coefficient (Wildman–Crippen LogP) is 2.16. The SMILES string of the molecule is COc1ccccc1[C@@H](NC(=O)c1cc(O)n(-c2ccc(Cl)cc2)n1)[C@@H](O)C(=O)O. The Morgan fingerprint density at radius 1 is 1.17 bits per heavy atom. The number of nitrogens with one attached hydrogen (secondary N) is 1. The molecule has 0 unspecified atom stereocenters. The first-order chi connectivity index (χ1) is 14.3. The van der Waals surface area contributed by atoms with Crippen LogP contribution in [0.5, 0.6) is 11.6 Å². The molecule has 1 heterocycles. The molecule has 9 nitrogen and oxygen atoms in total. The van der Waals surface area contributed by atoms with E-state index in [2.05, 4.69) is 10.4 Å². The van der Waals surface area contributed by atoms with E-state index < -0.39 is 24.0 Å². The summed E-state index contributed by atoms with van der Waals surface area (Å²) in [5, 5.41) is 36.6. The van der Waals surface area contributed by atoms with Crippen LogP contribution in [0.25, 0.3) is 5.69 Å². The highest BCUT2D eigenvalue weighted by molar-refractivity contribution is 6.30. The number of aliphatic carboxylic acids is 1. The van der Waals surface area contributed by atoms with E-state index in [0.717, 1.165) is 10.7 Å². The summed E-state index contributed by atoms with van der Waals surface area (Å²) in [5.74, 6) is -2.34. The van der Waals surface area contributed by atoms with Crippen LogP contribution in [-0.4, -0.2) is 50.2 Å². The highest BCUT2D eigenvalue weighted by atomic mass is 35.5. The van der Waals surface area contributed by atoms with Crippen LogP contribution in [0.15, 0.2) is 54.6 Å². The number of nitrogens with zero attached hydrogens (tertiary/aromatic N) is 2. The number of ether oxygens (including phenoxy) is 1. The molecule has 10 heteroatoms. The molecule has 1 aromatic heterocycles. The van der Waals surface area contributed by atoms with E-state index in [0.29, 0.717) is 10.7 Å². The molecule has 156 valence electrons. The number of carbonyl (C=O) groups excluding carboxylic acids is 1.